The van der Waals surface area contributed by atoms with Crippen LogP contribution in [0.2, 0.25) is 0 Å². The summed E-state index contributed by atoms with van der Waals surface area (Å²) in [6.45, 7) is 3.24. The molecular weight excluding hydrogens is 404 g/mol. The monoisotopic (exact) mass is 426 g/mol. The number of hydrogen-bond acceptors (Lipinski definition) is 8. The summed E-state index contributed by atoms with van der Waals surface area (Å²) in [7, 11) is -3.46. The summed E-state index contributed by atoms with van der Waals surface area (Å²) in [5.74, 6) is -0.0535. The first kappa shape index (κ1) is 21.9. The van der Waals surface area contributed by atoms with Crippen LogP contribution in [-0.4, -0.2) is 56.7 Å². The van der Waals surface area contributed by atoms with Gasteiger partial charge in [0.25, 0.3) is 5.91 Å². The van der Waals surface area contributed by atoms with Crippen LogP contribution in [0, 0.1) is 0 Å². The number of sulfone groups is 1. The van der Waals surface area contributed by atoms with Crippen molar-refractivity contribution in [2.75, 3.05) is 42.7 Å². The third-order valence-corrected chi connectivity index (χ3v) is 5.36. The molecule has 4 N–H and O–H groups in total. The number of nitrogens with one attached hydrogen (secondary N) is 2. The van der Waals surface area contributed by atoms with Gasteiger partial charge in [0, 0.05) is 32.1 Å². The van der Waals surface area contributed by atoms with Crippen molar-refractivity contribution in [3.63, 3.8) is 0 Å². The molecule has 0 bridgehead atoms. The molecular formula is C17H23ClN6O3S. The summed E-state index contributed by atoms with van der Waals surface area (Å²) in [4.78, 5) is 22.6. The molecule has 1 aromatic heterocycles. The van der Waals surface area contributed by atoms with Gasteiger partial charge in [-0.25, -0.2) is 13.4 Å². The highest BCUT2D eigenvalue weighted by Gasteiger charge is 2.19. The lowest BCUT2D eigenvalue weighted by Crippen LogP contribution is -2.30. The fourth-order valence-electron chi connectivity index (χ4n) is 2.87. The van der Waals surface area contributed by atoms with Crippen molar-refractivity contribution in [1.82, 2.24) is 15.3 Å². The number of primary amides is 1. The maximum Gasteiger partial charge on any atom is 0.254 e. The smallest absolute Gasteiger partial charge is 0.254 e. The van der Waals surface area contributed by atoms with Gasteiger partial charge in [-0.15, -0.1) is 12.4 Å². The van der Waals surface area contributed by atoms with Gasteiger partial charge in [-0.1, -0.05) is 12.1 Å². The van der Waals surface area contributed by atoms with E-state index in [0.29, 0.717) is 11.6 Å². The second-order valence-electron chi connectivity index (χ2n) is 6.28. The zero-order valence-electron chi connectivity index (χ0n) is 15.4. The van der Waals surface area contributed by atoms with Crippen LogP contribution in [0.5, 0.6) is 0 Å². The van der Waals surface area contributed by atoms with Gasteiger partial charge in [0.15, 0.2) is 9.84 Å². The second-order valence-corrected chi connectivity index (χ2v) is 8.26. The molecule has 0 unspecified atom stereocenters. The number of nitrogens with two attached hydrogens (primary N) is 1. The van der Waals surface area contributed by atoms with Gasteiger partial charge in [-0.05, 0) is 25.1 Å². The predicted molar refractivity (Wildman–Crippen MR) is 110 cm³/mol. The van der Waals surface area contributed by atoms with Crippen LogP contribution in [0.3, 0.4) is 0 Å². The fourth-order valence-corrected chi connectivity index (χ4v) is 3.71. The van der Waals surface area contributed by atoms with Gasteiger partial charge in [-0.3, -0.25) is 4.79 Å². The average molecular weight is 427 g/mol. The largest absolute Gasteiger partial charge is 0.365 e. The molecule has 1 saturated heterocycles. The summed E-state index contributed by atoms with van der Waals surface area (Å²) in [6.07, 6.45) is 3.44. The van der Waals surface area contributed by atoms with Crippen LogP contribution >= 0.6 is 12.4 Å². The highest BCUT2D eigenvalue weighted by atomic mass is 35.5. The SMILES string of the molecule is CS(=O)(=O)c1ccccc1Nc1nc(N2CCCNCC2)ncc1C(N)=O.Cl. The molecule has 0 spiro atoms. The lowest BCUT2D eigenvalue weighted by molar-refractivity contribution is 0.100. The second kappa shape index (κ2) is 9.18. The number of halogens is 1. The van der Waals surface area contributed by atoms with Crippen LogP contribution in [-0.2, 0) is 9.84 Å². The molecule has 0 radical (unpaired) electrons. The molecule has 0 atom stereocenters. The number of rotatable bonds is 5. The molecule has 1 amide bonds. The molecule has 11 heteroatoms. The summed E-state index contributed by atoms with van der Waals surface area (Å²) < 4.78 is 24.1. The van der Waals surface area contributed by atoms with E-state index in [0.717, 1.165) is 38.9 Å². The van der Waals surface area contributed by atoms with Crippen molar-refractivity contribution in [1.29, 1.82) is 0 Å². The van der Waals surface area contributed by atoms with E-state index in [-0.39, 0.29) is 28.7 Å². The lowest BCUT2D eigenvalue weighted by Gasteiger charge is -2.21. The Bertz CT molecular complexity index is 946. The Kier molecular flexibility index (Phi) is 7.17. The Hall–Kier alpha value is -2.43. The van der Waals surface area contributed by atoms with Crippen molar-refractivity contribution < 1.29 is 13.2 Å². The Balaban J connectivity index is 0.00000280. The number of hydrogen-bond donors (Lipinski definition) is 3. The molecule has 1 fully saturated rings. The first-order valence-electron chi connectivity index (χ1n) is 8.55. The minimum Gasteiger partial charge on any atom is -0.365 e. The van der Waals surface area contributed by atoms with E-state index >= 15 is 0 Å². The van der Waals surface area contributed by atoms with Crippen molar-refractivity contribution in [2.24, 2.45) is 5.73 Å². The Morgan fingerprint density at radius 1 is 1.25 bits per heavy atom. The van der Waals surface area contributed by atoms with Crippen LogP contribution in [0.4, 0.5) is 17.5 Å². The first-order chi connectivity index (χ1) is 12.9. The molecule has 1 aliphatic heterocycles. The number of nitrogens with zero attached hydrogens (tertiary/aromatic N) is 3. The molecule has 2 aromatic rings. The van der Waals surface area contributed by atoms with Crippen molar-refractivity contribution in [2.45, 2.75) is 11.3 Å². The van der Waals surface area contributed by atoms with E-state index in [2.05, 4.69) is 20.6 Å². The molecule has 9 nitrogen and oxygen atoms in total. The highest BCUT2D eigenvalue weighted by molar-refractivity contribution is 7.90. The average Bonchev–Trinajstić information content (AvgIpc) is 2.90. The number of anilines is 3. The first-order valence-corrected chi connectivity index (χ1v) is 10.4. The van der Waals surface area contributed by atoms with E-state index in [1.807, 2.05) is 4.90 Å². The van der Waals surface area contributed by atoms with Crippen molar-refractivity contribution in [3.05, 3.63) is 36.0 Å². The van der Waals surface area contributed by atoms with Crippen molar-refractivity contribution in [3.8, 4) is 0 Å². The Morgan fingerprint density at radius 3 is 2.71 bits per heavy atom. The van der Waals surface area contributed by atoms with Crippen LogP contribution in [0.1, 0.15) is 16.8 Å². The molecule has 0 aliphatic carbocycles. The zero-order valence-corrected chi connectivity index (χ0v) is 17.0. The van der Waals surface area contributed by atoms with E-state index in [1.165, 1.54) is 12.3 Å². The lowest BCUT2D eigenvalue weighted by atomic mass is 10.2. The highest BCUT2D eigenvalue weighted by Crippen LogP contribution is 2.26. The molecule has 2 heterocycles. The Labute approximate surface area is 170 Å². The minimum atomic E-state index is -3.46. The number of amides is 1. The zero-order chi connectivity index (χ0) is 19.4. The number of carbonyl (C=O) groups excluding carboxylic acids is 1. The standard InChI is InChI=1S/C17H22N6O3S.ClH/c1-27(25,26)14-6-3-2-5-13(14)21-16-12(15(18)24)11-20-17(22-16)23-9-4-7-19-8-10-23;/h2-3,5-6,11,19H,4,7-10H2,1H3,(H2,18,24)(H,20,21,22);1H. The molecule has 1 aromatic carbocycles. The van der Waals surface area contributed by atoms with Crippen molar-refractivity contribution >= 4 is 45.6 Å². The molecule has 28 heavy (non-hydrogen) atoms. The summed E-state index contributed by atoms with van der Waals surface area (Å²) in [6, 6.07) is 6.43. The third-order valence-electron chi connectivity index (χ3n) is 4.20. The maximum atomic E-state index is 12.0. The van der Waals surface area contributed by atoms with Crippen LogP contribution in [0.25, 0.3) is 0 Å². The van der Waals surface area contributed by atoms with E-state index in [1.54, 1.807) is 18.2 Å². The quantitative estimate of drug-likeness (QED) is 0.644. The number of para-hydroxylation sites is 1. The Morgan fingerprint density at radius 2 is 2.00 bits per heavy atom. The van der Waals surface area contributed by atoms with Crippen LogP contribution in [0.15, 0.2) is 35.4 Å². The predicted octanol–water partition coefficient (Wildman–Crippen LogP) is 0.944. The van der Waals surface area contributed by atoms with Gasteiger partial charge < -0.3 is 21.3 Å². The minimum absolute atomic E-state index is 0. The van der Waals surface area contributed by atoms with Gasteiger partial charge in [0.05, 0.1) is 10.6 Å². The normalized spacial score (nSPS) is 14.7. The number of aromatic nitrogens is 2. The molecule has 1 aliphatic rings. The summed E-state index contributed by atoms with van der Waals surface area (Å²) in [5.41, 5.74) is 5.86. The van der Waals surface area contributed by atoms with Crippen LogP contribution < -0.4 is 21.3 Å². The fraction of sp³-hybridized carbons (Fsp3) is 0.353. The van der Waals surface area contributed by atoms with E-state index in [4.69, 9.17) is 5.73 Å². The van der Waals surface area contributed by atoms with Gasteiger partial charge in [0.2, 0.25) is 5.95 Å². The van der Waals surface area contributed by atoms with Gasteiger partial charge in [-0.2, -0.15) is 4.98 Å². The number of benzene rings is 1. The summed E-state index contributed by atoms with van der Waals surface area (Å²) in [5, 5.41) is 6.25. The molecule has 0 saturated carbocycles. The van der Waals surface area contributed by atoms with Gasteiger partial charge >= 0.3 is 0 Å². The maximum absolute atomic E-state index is 12.0. The van der Waals surface area contributed by atoms with Gasteiger partial charge in [0.1, 0.15) is 11.4 Å². The number of carbonyl (C=O) groups is 1. The van der Waals surface area contributed by atoms with E-state index in [9.17, 15) is 13.2 Å². The third kappa shape index (κ3) is 5.09. The molecule has 152 valence electrons. The summed E-state index contributed by atoms with van der Waals surface area (Å²) >= 11 is 0. The topological polar surface area (TPSA) is 130 Å². The molecule has 3 rings (SSSR count). The van der Waals surface area contributed by atoms with E-state index < -0.39 is 15.7 Å².